The predicted octanol–water partition coefficient (Wildman–Crippen LogP) is 2.50. The number of aliphatic carboxylic acids is 1. The molecule has 0 aliphatic carbocycles. The van der Waals surface area contributed by atoms with Crippen molar-refractivity contribution in [3.05, 3.63) is 35.9 Å². The molecule has 0 saturated heterocycles. The van der Waals surface area contributed by atoms with Gasteiger partial charge >= 0.3 is 18.1 Å². The van der Waals surface area contributed by atoms with Crippen molar-refractivity contribution in [3.8, 4) is 0 Å². The lowest BCUT2D eigenvalue weighted by molar-refractivity contribution is -0.183. The number of halogens is 3. The Bertz CT molecular complexity index is 710. The number of rotatable bonds is 11. The van der Waals surface area contributed by atoms with Gasteiger partial charge in [-0.1, -0.05) is 44.2 Å². The number of alkyl halides is 3. The number of carbonyl (C=O) groups is 3. The van der Waals surface area contributed by atoms with E-state index < -0.39 is 48.6 Å². The monoisotopic (exact) mass is 432 g/mol. The Balaban J connectivity index is 2.81. The molecule has 1 amide bonds. The molecule has 0 saturated carbocycles. The van der Waals surface area contributed by atoms with Gasteiger partial charge in [-0.25, -0.2) is 0 Å². The maximum absolute atomic E-state index is 13.3. The Morgan fingerprint density at radius 1 is 1.10 bits per heavy atom. The lowest BCUT2D eigenvalue weighted by Gasteiger charge is -2.25. The normalized spacial score (nSPS) is 14.6. The van der Waals surface area contributed by atoms with Gasteiger partial charge in [0.1, 0.15) is 24.6 Å². The fourth-order valence-corrected chi connectivity index (χ4v) is 2.56. The SMILES string of the molecule is CC(C)C[C@H](NC[C@H](C(=O)N[C@@H](C)C(=O)O)C(F)(F)F)C(=O)OCc1ccccc1. The molecule has 0 fully saturated rings. The zero-order valence-corrected chi connectivity index (χ0v) is 17.0. The topological polar surface area (TPSA) is 105 Å². The fraction of sp³-hybridized carbons (Fsp3) is 0.550. The smallest absolute Gasteiger partial charge is 0.401 e. The highest BCUT2D eigenvalue weighted by Crippen LogP contribution is 2.26. The van der Waals surface area contributed by atoms with Gasteiger partial charge in [0.25, 0.3) is 0 Å². The van der Waals surface area contributed by atoms with Crippen molar-refractivity contribution in [2.24, 2.45) is 11.8 Å². The van der Waals surface area contributed by atoms with Crippen molar-refractivity contribution in [2.45, 2.75) is 52.1 Å². The molecular weight excluding hydrogens is 405 g/mol. The maximum atomic E-state index is 13.3. The average molecular weight is 432 g/mol. The Hall–Kier alpha value is -2.62. The van der Waals surface area contributed by atoms with Gasteiger partial charge in [0.15, 0.2) is 0 Å². The van der Waals surface area contributed by atoms with E-state index in [1.54, 1.807) is 44.2 Å². The third-order valence-corrected chi connectivity index (χ3v) is 4.22. The second kappa shape index (κ2) is 11.5. The quantitative estimate of drug-likeness (QED) is 0.464. The number of esters is 1. The molecule has 0 spiro atoms. The van der Waals surface area contributed by atoms with E-state index in [1.165, 1.54) is 0 Å². The lowest BCUT2D eigenvalue weighted by Crippen LogP contribution is -2.51. The number of ether oxygens (including phenoxy) is 1. The van der Waals surface area contributed by atoms with Gasteiger partial charge in [-0.15, -0.1) is 0 Å². The van der Waals surface area contributed by atoms with E-state index in [9.17, 15) is 27.6 Å². The summed E-state index contributed by atoms with van der Waals surface area (Å²) in [6.45, 7) is 3.72. The Morgan fingerprint density at radius 2 is 1.70 bits per heavy atom. The van der Waals surface area contributed by atoms with Crippen LogP contribution in [-0.4, -0.2) is 47.8 Å². The zero-order chi connectivity index (χ0) is 22.9. The Morgan fingerprint density at radius 3 is 2.20 bits per heavy atom. The minimum Gasteiger partial charge on any atom is -0.480 e. The van der Waals surface area contributed by atoms with Gasteiger partial charge in [0, 0.05) is 6.54 Å². The van der Waals surface area contributed by atoms with E-state index in [4.69, 9.17) is 9.84 Å². The van der Waals surface area contributed by atoms with E-state index in [2.05, 4.69) is 5.32 Å². The van der Waals surface area contributed by atoms with Crippen LogP contribution in [0.3, 0.4) is 0 Å². The van der Waals surface area contributed by atoms with E-state index in [0.717, 1.165) is 12.5 Å². The molecule has 1 aromatic carbocycles. The van der Waals surface area contributed by atoms with Crippen molar-refractivity contribution >= 4 is 17.8 Å². The molecule has 0 heterocycles. The van der Waals surface area contributed by atoms with E-state index in [1.807, 2.05) is 5.32 Å². The van der Waals surface area contributed by atoms with Gasteiger partial charge in [-0.05, 0) is 24.8 Å². The molecule has 0 aromatic heterocycles. The molecule has 10 heteroatoms. The third kappa shape index (κ3) is 8.81. The first-order valence-corrected chi connectivity index (χ1v) is 9.45. The number of amides is 1. The average Bonchev–Trinajstić information content (AvgIpc) is 2.64. The summed E-state index contributed by atoms with van der Waals surface area (Å²) in [5, 5.41) is 13.1. The number of carboxylic acids is 1. The number of carbonyl (C=O) groups excluding carboxylic acids is 2. The van der Waals surface area contributed by atoms with Crippen LogP contribution in [0.15, 0.2) is 30.3 Å². The zero-order valence-electron chi connectivity index (χ0n) is 17.0. The summed E-state index contributed by atoms with van der Waals surface area (Å²) in [7, 11) is 0. The van der Waals surface area contributed by atoms with Crippen LogP contribution in [0.1, 0.15) is 32.8 Å². The van der Waals surface area contributed by atoms with E-state index in [-0.39, 0.29) is 18.9 Å². The molecule has 0 bridgehead atoms. The van der Waals surface area contributed by atoms with Crippen LogP contribution in [0, 0.1) is 11.8 Å². The first-order chi connectivity index (χ1) is 13.9. The third-order valence-electron chi connectivity index (χ3n) is 4.22. The van der Waals surface area contributed by atoms with Crippen LogP contribution in [-0.2, 0) is 25.7 Å². The Kier molecular flexibility index (Phi) is 9.77. The van der Waals surface area contributed by atoms with Crippen molar-refractivity contribution in [1.29, 1.82) is 0 Å². The van der Waals surface area contributed by atoms with E-state index in [0.29, 0.717) is 0 Å². The highest BCUT2D eigenvalue weighted by atomic mass is 19.4. The molecule has 7 nitrogen and oxygen atoms in total. The van der Waals surface area contributed by atoms with Crippen molar-refractivity contribution in [2.75, 3.05) is 6.54 Å². The summed E-state index contributed by atoms with van der Waals surface area (Å²) in [6.07, 6.45) is -4.73. The molecule has 0 aliphatic heterocycles. The molecule has 0 aliphatic rings. The molecule has 0 radical (unpaired) electrons. The lowest BCUT2D eigenvalue weighted by atomic mass is 10.0. The second-order valence-corrected chi connectivity index (χ2v) is 7.35. The molecule has 168 valence electrons. The number of hydrogen-bond acceptors (Lipinski definition) is 5. The molecule has 3 atom stereocenters. The summed E-state index contributed by atoms with van der Waals surface area (Å²) in [5.74, 6) is -6.22. The van der Waals surface area contributed by atoms with Crippen LogP contribution in [0.4, 0.5) is 13.2 Å². The van der Waals surface area contributed by atoms with Crippen molar-refractivity contribution in [3.63, 3.8) is 0 Å². The predicted molar refractivity (Wildman–Crippen MR) is 102 cm³/mol. The number of hydrogen-bond donors (Lipinski definition) is 3. The van der Waals surface area contributed by atoms with E-state index >= 15 is 0 Å². The molecule has 0 unspecified atom stereocenters. The summed E-state index contributed by atoms with van der Waals surface area (Å²) < 4.78 is 45.2. The maximum Gasteiger partial charge on any atom is 0.401 e. The van der Waals surface area contributed by atoms with Crippen LogP contribution < -0.4 is 10.6 Å². The minimum absolute atomic E-state index is 0.0306. The van der Waals surface area contributed by atoms with Crippen molar-refractivity contribution < 1.29 is 37.4 Å². The fourth-order valence-electron chi connectivity index (χ4n) is 2.56. The number of carboxylic acid groups (broad SMARTS) is 1. The highest BCUT2D eigenvalue weighted by Gasteiger charge is 2.45. The van der Waals surface area contributed by atoms with Crippen LogP contribution >= 0.6 is 0 Å². The molecule has 30 heavy (non-hydrogen) atoms. The number of nitrogens with one attached hydrogen (secondary N) is 2. The summed E-state index contributed by atoms with van der Waals surface area (Å²) in [4.78, 5) is 35.2. The molecule has 1 rings (SSSR count). The second-order valence-electron chi connectivity index (χ2n) is 7.35. The van der Waals surface area contributed by atoms with Gasteiger partial charge in [0.05, 0.1) is 0 Å². The largest absolute Gasteiger partial charge is 0.480 e. The van der Waals surface area contributed by atoms with Gasteiger partial charge in [-0.3, -0.25) is 14.4 Å². The summed E-state index contributed by atoms with van der Waals surface area (Å²) in [6, 6.07) is 6.27. The first kappa shape index (κ1) is 25.4. The van der Waals surface area contributed by atoms with Crippen LogP contribution in [0.5, 0.6) is 0 Å². The summed E-state index contributed by atoms with van der Waals surface area (Å²) >= 11 is 0. The van der Waals surface area contributed by atoms with Gasteiger partial charge < -0.3 is 20.5 Å². The summed E-state index contributed by atoms with van der Waals surface area (Å²) in [5.41, 5.74) is 0.726. The van der Waals surface area contributed by atoms with Crippen molar-refractivity contribution in [1.82, 2.24) is 10.6 Å². The highest BCUT2D eigenvalue weighted by molar-refractivity contribution is 5.85. The van der Waals surface area contributed by atoms with Gasteiger partial charge in [-0.2, -0.15) is 13.2 Å². The number of benzene rings is 1. The van der Waals surface area contributed by atoms with Crippen LogP contribution in [0.2, 0.25) is 0 Å². The van der Waals surface area contributed by atoms with Crippen LogP contribution in [0.25, 0.3) is 0 Å². The van der Waals surface area contributed by atoms with Gasteiger partial charge in [0.2, 0.25) is 5.91 Å². The standard InChI is InChI=1S/C20H27F3N2O5/c1-12(2)9-16(19(29)30-11-14-7-5-4-6-8-14)24-10-15(20(21,22)23)17(26)25-13(3)18(27)28/h4-8,12-13,15-16,24H,9-11H2,1-3H3,(H,25,26)(H,27,28)/t13-,15+,16-/m0/s1. The minimum atomic E-state index is -4.92. The molecule has 3 N–H and O–H groups in total. The molecule has 1 aromatic rings. The molecular formula is C20H27F3N2O5. The Labute approximate surface area is 173 Å². The first-order valence-electron chi connectivity index (χ1n) is 9.45.